The van der Waals surface area contributed by atoms with Crippen LogP contribution in [0.3, 0.4) is 0 Å². The van der Waals surface area contributed by atoms with Crippen LogP contribution in [-0.4, -0.2) is 64.2 Å². The van der Waals surface area contributed by atoms with Crippen molar-refractivity contribution in [1.82, 2.24) is 15.5 Å². The van der Waals surface area contributed by atoms with Gasteiger partial charge in [-0.15, -0.1) is 0 Å². The van der Waals surface area contributed by atoms with Gasteiger partial charge in [0.1, 0.15) is 0 Å². The average Bonchev–Trinajstić information content (AvgIpc) is 3.07. The minimum atomic E-state index is -0.274. The number of nitrogens with zero attached hydrogens (tertiary/aromatic N) is 2. The summed E-state index contributed by atoms with van der Waals surface area (Å²) < 4.78 is 5.28. The monoisotopic (exact) mass is 366 g/mol. The van der Waals surface area contributed by atoms with Crippen molar-refractivity contribution in [2.45, 2.75) is 58.3 Å². The number of amides is 1. The molecule has 26 heavy (non-hydrogen) atoms. The lowest BCUT2D eigenvalue weighted by Gasteiger charge is -2.41. The van der Waals surface area contributed by atoms with Crippen LogP contribution in [-0.2, 0) is 9.53 Å². The number of hydrogen-bond donors (Lipinski definition) is 2. The summed E-state index contributed by atoms with van der Waals surface area (Å²) in [6, 6.07) is 0. The van der Waals surface area contributed by atoms with Crippen molar-refractivity contribution in [2.24, 2.45) is 15.8 Å². The van der Waals surface area contributed by atoms with Crippen molar-refractivity contribution >= 4 is 11.9 Å². The lowest BCUT2D eigenvalue weighted by atomic mass is 9.67. The first kappa shape index (κ1) is 21.0. The Morgan fingerprint density at radius 3 is 2.31 bits per heavy atom. The molecule has 6 nitrogen and oxygen atoms in total. The molecule has 0 aromatic carbocycles. The Morgan fingerprint density at radius 2 is 1.81 bits per heavy atom. The first-order valence-electron chi connectivity index (χ1n) is 10.2. The molecule has 1 amide bonds. The number of rotatable bonds is 9. The van der Waals surface area contributed by atoms with Crippen LogP contribution in [0.5, 0.6) is 0 Å². The third-order valence-electron chi connectivity index (χ3n) is 6.18. The van der Waals surface area contributed by atoms with E-state index >= 15 is 0 Å². The molecule has 0 bridgehead atoms. The van der Waals surface area contributed by atoms with Gasteiger partial charge in [0, 0.05) is 47.4 Å². The second kappa shape index (κ2) is 9.58. The largest absolute Gasteiger partial charge is 0.385 e. The van der Waals surface area contributed by atoms with Crippen LogP contribution in [0.25, 0.3) is 0 Å². The molecule has 0 radical (unpaired) electrons. The zero-order valence-corrected chi connectivity index (χ0v) is 17.2. The molecule has 2 N–H and O–H groups in total. The number of methoxy groups -OCH3 is 1. The fourth-order valence-electron chi connectivity index (χ4n) is 4.32. The number of carbonyl (C=O) groups excluding carboxylic acids is 1. The molecule has 2 fully saturated rings. The first-order chi connectivity index (χ1) is 12.5. The van der Waals surface area contributed by atoms with Crippen molar-refractivity contribution in [3.63, 3.8) is 0 Å². The van der Waals surface area contributed by atoms with Gasteiger partial charge >= 0.3 is 0 Å². The molecular formula is C20H38N4O2. The van der Waals surface area contributed by atoms with Crippen molar-refractivity contribution in [3.05, 3.63) is 0 Å². The standard InChI is InChI=1S/C20H38N4O2/c1-5-21-18(22-15-19(9-8-10-19)13-14-26-4)23-16-20(11-6-7-12-20)17(25)24(2)3/h5-16H2,1-4H3,(H2,21,22,23). The molecule has 2 aliphatic rings. The quantitative estimate of drug-likeness (QED) is 0.486. The summed E-state index contributed by atoms with van der Waals surface area (Å²) in [4.78, 5) is 19.4. The number of guanidine groups is 1. The topological polar surface area (TPSA) is 66.0 Å². The summed E-state index contributed by atoms with van der Waals surface area (Å²) in [5.41, 5.74) is 0.0345. The fourth-order valence-corrected chi connectivity index (χ4v) is 4.32. The van der Waals surface area contributed by atoms with Gasteiger partial charge in [-0.05, 0) is 44.4 Å². The summed E-state index contributed by atoms with van der Waals surface area (Å²) in [7, 11) is 5.49. The van der Waals surface area contributed by atoms with Gasteiger partial charge in [0.2, 0.25) is 5.91 Å². The molecule has 0 aromatic heterocycles. The minimum Gasteiger partial charge on any atom is -0.385 e. The predicted molar refractivity (Wildman–Crippen MR) is 106 cm³/mol. The highest BCUT2D eigenvalue weighted by molar-refractivity contribution is 5.85. The second-order valence-electron chi connectivity index (χ2n) is 8.33. The number of hydrogen-bond acceptors (Lipinski definition) is 3. The van der Waals surface area contributed by atoms with E-state index in [4.69, 9.17) is 9.73 Å². The van der Waals surface area contributed by atoms with Gasteiger partial charge in [-0.2, -0.15) is 0 Å². The highest BCUT2D eigenvalue weighted by Gasteiger charge is 2.42. The van der Waals surface area contributed by atoms with Crippen LogP contribution < -0.4 is 10.6 Å². The number of aliphatic imine (C=N–C) groups is 1. The van der Waals surface area contributed by atoms with Gasteiger partial charge in [0.25, 0.3) is 0 Å². The Balaban J connectivity index is 1.99. The Labute approximate surface area is 159 Å². The molecule has 0 heterocycles. The van der Waals surface area contributed by atoms with Crippen LogP contribution in [0.2, 0.25) is 0 Å². The van der Waals surface area contributed by atoms with Crippen molar-refractivity contribution in [3.8, 4) is 0 Å². The third kappa shape index (κ3) is 5.12. The Bertz CT molecular complexity index is 480. The van der Waals surface area contributed by atoms with E-state index in [-0.39, 0.29) is 11.3 Å². The van der Waals surface area contributed by atoms with Gasteiger partial charge in [-0.25, -0.2) is 0 Å². The van der Waals surface area contributed by atoms with Gasteiger partial charge < -0.3 is 20.3 Å². The second-order valence-corrected chi connectivity index (χ2v) is 8.33. The fraction of sp³-hybridized carbons (Fsp3) is 0.900. The van der Waals surface area contributed by atoms with E-state index in [0.717, 1.165) is 57.8 Å². The number of nitrogens with one attached hydrogen (secondary N) is 2. The van der Waals surface area contributed by atoms with Crippen molar-refractivity contribution in [1.29, 1.82) is 0 Å². The summed E-state index contributed by atoms with van der Waals surface area (Å²) in [5.74, 6) is 1.09. The molecule has 0 spiro atoms. The van der Waals surface area contributed by atoms with Crippen molar-refractivity contribution < 1.29 is 9.53 Å². The molecule has 150 valence electrons. The predicted octanol–water partition coefficient (Wildman–Crippen LogP) is 2.40. The maximum Gasteiger partial charge on any atom is 0.230 e. The van der Waals surface area contributed by atoms with E-state index < -0.39 is 0 Å². The third-order valence-corrected chi connectivity index (χ3v) is 6.18. The summed E-state index contributed by atoms with van der Waals surface area (Å²) >= 11 is 0. The van der Waals surface area contributed by atoms with Gasteiger partial charge in [0.05, 0.1) is 5.41 Å². The molecule has 0 unspecified atom stereocenters. The number of ether oxygens (including phenoxy) is 1. The van der Waals surface area contributed by atoms with Gasteiger partial charge in [-0.3, -0.25) is 9.79 Å². The first-order valence-corrected chi connectivity index (χ1v) is 10.2. The van der Waals surface area contributed by atoms with Gasteiger partial charge in [0.15, 0.2) is 5.96 Å². The highest BCUT2D eigenvalue weighted by atomic mass is 16.5. The lowest BCUT2D eigenvalue weighted by Crippen LogP contribution is -2.49. The van der Waals surface area contributed by atoms with Crippen LogP contribution >= 0.6 is 0 Å². The molecule has 0 aliphatic heterocycles. The minimum absolute atomic E-state index is 0.244. The molecular weight excluding hydrogens is 328 g/mol. The summed E-state index contributed by atoms with van der Waals surface area (Å²) in [6.45, 7) is 5.21. The van der Waals surface area contributed by atoms with E-state index in [2.05, 4.69) is 17.6 Å². The Hall–Kier alpha value is -1.30. The number of carbonyl (C=O) groups is 1. The SMILES string of the molecule is CCNC(=NCC1(CCOC)CCC1)NCC1(C(=O)N(C)C)CCCC1. The van der Waals surface area contributed by atoms with Crippen LogP contribution in [0.1, 0.15) is 58.3 Å². The van der Waals surface area contributed by atoms with Crippen LogP contribution in [0.4, 0.5) is 0 Å². The zero-order valence-electron chi connectivity index (χ0n) is 17.2. The maximum atomic E-state index is 12.7. The molecule has 0 saturated heterocycles. The smallest absolute Gasteiger partial charge is 0.230 e. The normalized spacial score (nSPS) is 21.2. The molecule has 0 aromatic rings. The Morgan fingerprint density at radius 1 is 1.12 bits per heavy atom. The van der Waals surface area contributed by atoms with Gasteiger partial charge in [-0.1, -0.05) is 19.3 Å². The average molecular weight is 367 g/mol. The van der Waals surface area contributed by atoms with E-state index in [1.165, 1.54) is 19.3 Å². The molecule has 2 aliphatic carbocycles. The maximum absolute atomic E-state index is 12.7. The van der Waals surface area contributed by atoms with E-state index in [1.54, 1.807) is 12.0 Å². The van der Waals surface area contributed by atoms with Crippen LogP contribution in [0.15, 0.2) is 4.99 Å². The molecule has 2 rings (SSSR count). The highest BCUT2D eigenvalue weighted by Crippen LogP contribution is 2.44. The van der Waals surface area contributed by atoms with E-state index in [9.17, 15) is 4.79 Å². The lowest BCUT2D eigenvalue weighted by molar-refractivity contribution is -0.138. The molecule has 6 heteroatoms. The van der Waals surface area contributed by atoms with Crippen molar-refractivity contribution in [2.75, 3.05) is 47.4 Å². The summed E-state index contributed by atoms with van der Waals surface area (Å²) in [5, 5.41) is 6.83. The molecule has 2 saturated carbocycles. The Kier molecular flexibility index (Phi) is 7.74. The van der Waals surface area contributed by atoms with E-state index in [0.29, 0.717) is 12.0 Å². The van der Waals surface area contributed by atoms with E-state index in [1.807, 2.05) is 14.1 Å². The summed E-state index contributed by atoms with van der Waals surface area (Å²) in [6.07, 6.45) is 9.05. The van der Waals surface area contributed by atoms with Crippen LogP contribution in [0, 0.1) is 10.8 Å². The molecule has 0 atom stereocenters. The zero-order chi connectivity index (χ0) is 19.0.